The average Bonchev–Trinajstić information content (AvgIpc) is 3.00. The Morgan fingerprint density at radius 3 is 2.95 bits per heavy atom. The van der Waals surface area contributed by atoms with E-state index in [0.717, 1.165) is 17.7 Å². The molecule has 1 aromatic heterocycles. The Balaban J connectivity index is 1.91. The van der Waals surface area contributed by atoms with Crippen LogP contribution in [-0.4, -0.2) is 39.8 Å². The van der Waals surface area contributed by atoms with Crippen molar-refractivity contribution in [1.29, 1.82) is 0 Å². The molecule has 0 saturated carbocycles. The number of likely N-dealkylation sites (tertiary alicyclic amines) is 1. The van der Waals surface area contributed by atoms with Gasteiger partial charge >= 0.3 is 0 Å². The van der Waals surface area contributed by atoms with E-state index in [9.17, 15) is 13.8 Å². The van der Waals surface area contributed by atoms with Gasteiger partial charge in [-0.3, -0.25) is 13.8 Å². The molecule has 7 heteroatoms. The van der Waals surface area contributed by atoms with Crippen LogP contribution >= 0.6 is 11.3 Å². The van der Waals surface area contributed by atoms with Crippen LogP contribution in [0.3, 0.4) is 0 Å². The van der Waals surface area contributed by atoms with E-state index in [2.05, 4.69) is 0 Å². The number of hydrogen-bond donors (Lipinski definition) is 1. The first-order chi connectivity index (χ1) is 9.99. The molecule has 5 nitrogen and oxygen atoms in total. The zero-order chi connectivity index (χ0) is 15.4. The van der Waals surface area contributed by atoms with Crippen molar-refractivity contribution < 1.29 is 13.8 Å². The third-order valence-electron chi connectivity index (χ3n) is 3.78. The summed E-state index contributed by atoms with van der Waals surface area (Å²) in [4.78, 5) is 26.1. The number of primary amides is 1. The SMILES string of the molecule is CC(c1cccs1)S(=O)CC(=O)N1CCCC(C(N)=O)C1. The maximum absolute atomic E-state index is 12.3. The fourth-order valence-corrected chi connectivity index (χ4v) is 4.59. The van der Waals surface area contributed by atoms with Gasteiger partial charge in [-0.1, -0.05) is 6.07 Å². The molecule has 1 aliphatic rings. The van der Waals surface area contributed by atoms with Crippen LogP contribution in [0.5, 0.6) is 0 Å². The predicted octanol–water partition coefficient (Wildman–Crippen LogP) is 1.28. The number of amides is 2. The number of nitrogens with two attached hydrogens (primary N) is 1. The van der Waals surface area contributed by atoms with Crippen molar-refractivity contribution in [2.75, 3.05) is 18.8 Å². The summed E-state index contributed by atoms with van der Waals surface area (Å²) in [5, 5.41) is 1.79. The minimum Gasteiger partial charge on any atom is -0.369 e. The van der Waals surface area contributed by atoms with Crippen LogP contribution in [0.25, 0.3) is 0 Å². The summed E-state index contributed by atoms with van der Waals surface area (Å²) in [6.45, 7) is 2.85. The Hall–Kier alpha value is -1.21. The lowest BCUT2D eigenvalue weighted by molar-refractivity contribution is -0.132. The number of piperidine rings is 1. The zero-order valence-corrected chi connectivity index (χ0v) is 13.6. The smallest absolute Gasteiger partial charge is 0.235 e. The van der Waals surface area contributed by atoms with Crippen molar-refractivity contribution >= 4 is 34.0 Å². The van der Waals surface area contributed by atoms with Crippen molar-refractivity contribution in [1.82, 2.24) is 4.90 Å². The van der Waals surface area contributed by atoms with Gasteiger partial charge in [-0.2, -0.15) is 0 Å². The van der Waals surface area contributed by atoms with E-state index in [1.807, 2.05) is 24.4 Å². The van der Waals surface area contributed by atoms with Crippen molar-refractivity contribution in [2.24, 2.45) is 11.7 Å². The Labute approximate surface area is 131 Å². The number of rotatable bonds is 5. The van der Waals surface area contributed by atoms with Gasteiger partial charge in [-0.05, 0) is 31.2 Å². The van der Waals surface area contributed by atoms with E-state index in [-0.39, 0.29) is 28.7 Å². The molecule has 0 bridgehead atoms. The molecule has 2 N–H and O–H groups in total. The van der Waals surface area contributed by atoms with E-state index in [0.29, 0.717) is 13.1 Å². The Kier molecular flexibility index (Phi) is 5.52. The highest BCUT2D eigenvalue weighted by molar-refractivity contribution is 7.86. The van der Waals surface area contributed by atoms with Crippen molar-refractivity contribution in [3.05, 3.63) is 22.4 Å². The number of carbonyl (C=O) groups is 2. The lowest BCUT2D eigenvalue weighted by Crippen LogP contribution is -2.45. The van der Waals surface area contributed by atoms with E-state index in [4.69, 9.17) is 5.73 Å². The molecule has 3 atom stereocenters. The molecule has 0 spiro atoms. The normalized spacial score (nSPS) is 21.8. The second-order valence-electron chi connectivity index (χ2n) is 5.26. The number of thiophene rings is 1. The first kappa shape index (κ1) is 16.2. The molecule has 0 aromatic carbocycles. The van der Waals surface area contributed by atoms with Crippen LogP contribution in [0.2, 0.25) is 0 Å². The number of hydrogen-bond acceptors (Lipinski definition) is 4. The van der Waals surface area contributed by atoms with E-state index in [1.165, 1.54) is 0 Å². The van der Waals surface area contributed by atoms with Crippen LogP contribution in [0, 0.1) is 5.92 Å². The fourth-order valence-electron chi connectivity index (χ4n) is 2.43. The second kappa shape index (κ2) is 7.17. The summed E-state index contributed by atoms with van der Waals surface area (Å²) < 4.78 is 12.3. The second-order valence-corrected chi connectivity index (χ2v) is 8.00. The van der Waals surface area contributed by atoms with Crippen molar-refractivity contribution in [3.8, 4) is 0 Å². The monoisotopic (exact) mass is 328 g/mol. The molecule has 3 unspecified atom stereocenters. The van der Waals surface area contributed by atoms with Gasteiger partial charge in [-0.15, -0.1) is 11.3 Å². The summed E-state index contributed by atoms with van der Waals surface area (Å²) in [6.07, 6.45) is 1.50. The van der Waals surface area contributed by atoms with Crippen molar-refractivity contribution in [2.45, 2.75) is 25.0 Å². The third kappa shape index (κ3) is 4.14. The molecule has 1 aromatic rings. The van der Waals surface area contributed by atoms with Gasteiger partial charge < -0.3 is 10.6 Å². The molecular weight excluding hydrogens is 308 g/mol. The molecule has 2 rings (SSSR count). The molecule has 0 aliphatic carbocycles. The largest absolute Gasteiger partial charge is 0.369 e. The van der Waals surface area contributed by atoms with Crippen LogP contribution in [0.1, 0.15) is 29.9 Å². The van der Waals surface area contributed by atoms with Crippen LogP contribution in [0.4, 0.5) is 0 Å². The molecule has 1 aliphatic heterocycles. The van der Waals surface area contributed by atoms with E-state index >= 15 is 0 Å². The molecule has 0 radical (unpaired) electrons. The zero-order valence-electron chi connectivity index (χ0n) is 12.0. The molecule has 2 heterocycles. The Bertz CT molecular complexity index is 530. The van der Waals surface area contributed by atoms with Gasteiger partial charge in [0.15, 0.2) is 0 Å². The fraction of sp³-hybridized carbons (Fsp3) is 0.571. The minimum atomic E-state index is -1.24. The maximum Gasteiger partial charge on any atom is 0.235 e. The van der Waals surface area contributed by atoms with Crippen molar-refractivity contribution in [3.63, 3.8) is 0 Å². The lowest BCUT2D eigenvalue weighted by atomic mass is 9.97. The van der Waals surface area contributed by atoms with Gasteiger partial charge in [0.25, 0.3) is 0 Å². The highest BCUT2D eigenvalue weighted by atomic mass is 32.2. The standard InChI is InChI=1S/C14H20N2O3S2/c1-10(12-5-3-7-20-12)21(19)9-13(17)16-6-2-4-11(8-16)14(15)18/h3,5,7,10-11H,2,4,6,8-9H2,1H3,(H2,15,18). The summed E-state index contributed by atoms with van der Waals surface area (Å²) in [5.41, 5.74) is 5.31. The Morgan fingerprint density at radius 1 is 1.57 bits per heavy atom. The first-order valence-electron chi connectivity index (χ1n) is 6.96. The quantitative estimate of drug-likeness (QED) is 0.884. The minimum absolute atomic E-state index is 0.00451. The van der Waals surface area contributed by atoms with E-state index in [1.54, 1.807) is 16.2 Å². The highest BCUT2D eigenvalue weighted by Gasteiger charge is 2.28. The van der Waals surface area contributed by atoms with Crippen LogP contribution < -0.4 is 5.73 Å². The van der Waals surface area contributed by atoms with Gasteiger partial charge in [0.1, 0.15) is 5.75 Å². The maximum atomic E-state index is 12.3. The van der Waals surface area contributed by atoms with E-state index < -0.39 is 10.8 Å². The van der Waals surface area contributed by atoms with Crippen LogP contribution in [-0.2, 0) is 20.4 Å². The van der Waals surface area contributed by atoms with Crippen LogP contribution in [0.15, 0.2) is 17.5 Å². The van der Waals surface area contributed by atoms with Gasteiger partial charge in [-0.25, -0.2) is 0 Å². The summed E-state index contributed by atoms with van der Waals surface area (Å²) in [5.74, 6) is -0.779. The lowest BCUT2D eigenvalue weighted by Gasteiger charge is -2.31. The predicted molar refractivity (Wildman–Crippen MR) is 84.2 cm³/mol. The average molecular weight is 328 g/mol. The van der Waals surface area contributed by atoms with Gasteiger partial charge in [0, 0.05) is 28.8 Å². The summed E-state index contributed by atoms with van der Waals surface area (Å²) in [6, 6.07) is 3.85. The Morgan fingerprint density at radius 2 is 2.33 bits per heavy atom. The van der Waals surface area contributed by atoms with Gasteiger partial charge in [0.05, 0.1) is 11.2 Å². The molecule has 116 valence electrons. The van der Waals surface area contributed by atoms with Gasteiger partial charge in [0.2, 0.25) is 11.8 Å². The molecule has 1 saturated heterocycles. The number of carbonyl (C=O) groups excluding carboxylic acids is 2. The molecular formula is C14H20N2O3S2. The highest BCUT2D eigenvalue weighted by Crippen LogP contribution is 2.24. The molecule has 21 heavy (non-hydrogen) atoms. The molecule has 2 amide bonds. The summed E-state index contributed by atoms with van der Waals surface area (Å²) in [7, 11) is -1.24. The number of nitrogens with zero attached hydrogens (tertiary/aromatic N) is 1. The topological polar surface area (TPSA) is 80.5 Å². The summed E-state index contributed by atoms with van der Waals surface area (Å²) >= 11 is 1.55. The molecule has 1 fully saturated rings. The third-order valence-corrected chi connectivity index (χ3v) is 6.56. The first-order valence-corrected chi connectivity index (χ1v) is 9.23.